The number of rotatable bonds is 1. The lowest BCUT2D eigenvalue weighted by atomic mass is 9.68. The Morgan fingerprint density at radius 1 is 1.04 bits per heavy atom. The molecular weight excluding hydrogens is 308 g/mol. The summed E-state index contributed by atoms with van der Waals surface area (Å²) in [7, 11) is 0. The van der Waals surface area contributed by atoms with Crippen molar-refractivity contribution in [3.8, 4) is 0 Å². The monoisotopic (exact) mass is 336 g/mol. The van der Waals surface area contributed by atoms with Crippen LogP contribution in [0.15, 0.2) is 42.0 Å². The molecule has 5 rings (SSSR count). The molecule has 4 atom stereocenters. The first kappa shape index (κ1) is 15.6. The molecule has 0 radical (unpaired) electrons. The van der Waals surface area contributed by atoms with Crippen molar-refractivity contribution in [2.24, 2.45) is 11.8 Å². The van der Waals surface area contributed by atoms with Gasteiger partial charge in [-0.3, -0.25) is 9.69 Å². The minimum atomic E-state index is 0.232. The molecular formula is C22H28N2O. The van der Waals surface area contributed by atoms with Crippen LogP contribution in [0.1, 0.15) is 48.9 Å². The molecule has 3 aliphatic heterocycles. The van der Waals surface area contributed by atoms with Crippen molar-refractivity contribution in [2.45, 2.75) is 50.6 Å². The maximum absolute atomic E-state index is 13.2. The van der Waals surface area contributed by atoms with Crippen molar-refractivity contribution < 1.29 is 4.79 Å². The average molecular weight is 336 g/mol. The minimum absolute atomic E-state index is 0.232. The zero-order valence-electron chi connectivity index (χ0n) is 14.9. The molecule has 25 heavy (non-hydrogen) atoms. The Hall–Kier alpha value is -1.61. The van der Waals surface area contributed by atoms with Crippen LogP contribution in [0.2, 0.25) is 0 Å². The number of likely N-dealkylation sites (tertiary alicyclic amines) is 1. The minimum Gasteiger partial charge on any atom is -0.332 e. The molecule has 1 aromatic carbocycles. The van der Waals surface area contributed by atoms with Gasteiger partial charge in [0.25, 0.3) is 5.91 Å². The highest BCUT2D eigenvalue weighted by atomic mass is 16.2. The lowest BCUT2D eigenvalue weighted by Crippen LogP contribution is -2.60. The predicted molar refractivity (Wildman–Crippen MR) is 99.4 cm³/mol. The molecule has 1 amide bonds. The van der Waals surface area contributed by atoms with E-state index in [-0.39, 0.29) is 5.91 Å². The fourth-order valence-electron chi connectivity index (χ4n) is 5.95. The predicted octanol–water partition coefficient (Wildman–Crippen LogP) is 3.72. The molecule has 0 aromatic heterocycles. The second-order valence-corrected chi connectivity index (χ2v) is 8.37. The quantitative estimate of drug-likeness (QED) is 0.730. The van der Waals surface area contributed by atoms with E-state index in [4.69, 9.17) is 0 Å². The van der Waals surface area contributed by atoms with Crippen LogP contribution in [0, 0.1) is 11.8 Å². The molecule has 3 heterocycles. The lowest BCUT2D eigenvalue weighted by Gasteiger charge is -2.54. The molecule has 3 fully saturated rings. The molecule has 0 unspecified atom stereocenters. The van der Waals surface area contributed by atoms with Crippen molar-refractivity contribution >= 4 is 5.91 Å². The number of piperidine rings is 3. The molecule has 2 bridgehead atoms. The normalized spacial score (nSPS) is 34.7. The number of hydrogen-bond donors (Lipinski definition) is 0. The zero-order valence-corrected chi connectivity index (χ0v) is 14.9. The second kappa shape index (κ2) is 6.28. The highest BCUT2D eigenvalue weighted by Crippen LogP contribution is 2.45. The van der Waals surface area contributed by atoms with Crippen LogP contribution in [0.4, 0.5) is 0 Å². The molecule has 132 valence electrons. The summed E-state index contributed by atoms with van der Waals surface area (Å²) in [5, 5.41) is 0. The van der Waals surface area contributed by atoms with Crippen molar-refractivity contribution in [3.05, 3.63) is 47.5 Å². The third-order valence-corrected chi connectivity index (χ3v) is 6.94. The van der Waals surface area contributed by atoms with E-state index in [1.54, 1.807) is 5.57 Å². The zero-order chi connectivity index (χ0) is 16.8. The van der Waals surface area contributed by atoms with Crippen LogP contribution in [0.5, 0.6) is 0 Å². The third-order valence-electron chi connectivity index (χ3n) is 6.94. The molecule has 0 spiro atoms. The standard InChI is InChI=1S/C22H28N2O/c25-22(16-7-2-1-3-8-16)24-12-6-9-17-13-18-14-19(21(17)24)15-23-11-5-4-10-20(18)23/h1-3,7-8,13,18-21H,4-6,9-12,14-15H2/t18-,19+,20+,21+/m0/s1. The van der Waals surface area contributed by atoms with Gasteiger partial charge in [0, 0.05) is 24.7 Å². The van der Waals surface area contributed by atoms with Gasteiger partial charge in [-0.2, -0.15) is 0 Å². The van der Waals surface area contributed by atoms with Crippen LogP contribution in [0.25, 0.3) is 0 Å². The highest BCUT2D eigenvalue weighted by Gasteiger charge is 2.46. The number of amides is 1. The van der Waals surface area contributed by atoms with E-state index in [0.717, 1.165) is 30.5 Å². The van der Waals surface area contributed by atoms with E-state index >= 15 is 0 Å². The maximum Gasteiger partial charge on any atom is 0.254 e. The molecule has 0 saturated carbocycles. The number of benzene rings is 1. The van der Waals surface area contributed by atoms with E-state index in [0.29, 0.717) is 12.0 Å². The SMILES string of the molecule is O=C(c1ccccc1)N1CCCC2=C[C@H]3C[C@H](CN4CCCC[C@H]34)[C@@H]21. The first-order valence-electron chi connectivity index (χ1n) is 10.1. The van der Waals surface area contributed by atoms with Gasteiger partial charge in [-0.05, 0) is 62.6 Å². The van der Waals surface area contributed by atoms with E-state index in [1.807, 2.05) is 30.3 Å². The number of carbonyl (C=O) groups excluding carboxylic acids is 1. The van der Waals surface area contributed by atoms with Gasteiger partial charge in [0.15, 0.2) is 0 Å². The van der Waals surface area contributed by atoms with Crippen molar-refractivity contribution in [2.75, 3.05) is 19.6 Å². The second-order valence-electron chi connectivity index (χ2n) is 8.37. The number of nitrogens with zero attached hydrogens (tertiary/aromatic N) is 2. The van der Waals surface area contributed by atoms with E-state index in [9.17, 15) is 4.79 Å². The fourth-order valence-corrected chi connectivity index (χ4v) is 5.95. The van der Waals surface area contributed by atoms with Gasteiger partial charge < -0.3 is 4.90 Å². The first-order chi connectivity index (χ1) is 12.3. The van der Waals surface area contributed by atoms with Gasteiger partial charge in [-0.25, -0.2) is 0 Å². The summed E-state index contributed by atoms with van der Waals surface area (Å²) < 4.78 is 0. The summed E-state index contributed by atoms with van der Waals surface area (Å²) >= 11 is 0. The molecule has 0 N–H and O–H groups in total. The summed E-state index contributed by atoms with van der Waals surface area (Å²) in [6, 6.07) is 11.0. The molecule has 3 nitrogen and oxygen atoms in total. The number of hydrogen-bond acceptors (Lipinski definition) is 2. The van der Waals surface area contributed by atoms with Crippen molar-refractivity contribution in [3.63, 3.8) is 0 Å². The van der Waals surface area contributed by atoms with Crippen LogP contribution in [0.3, 0.4) is 0 Å². The smallest absolute Gasteiger partial charge is 0.254 e. The van der Waals surface area contributed by atoms with E-state index in [2.05, 4.69) is 15.9 Å². The maximum atomic E-state index is 13.2. The van der Waals surface area contributed by atoms with Crippen LogP contribution in [-0.2, 0) is 0 Å². The van der Waals surface area contributed by atoms with Gasteiger partial charge in [-0.15, -0.1) is 0 Å². The Kier molecular flexibility index (Phi) is 3.93. The topological polar surface area (TPSA) is 23.6 Å². The Bertz CT molecular complexity index is 683. The first-order valence-corrected chi connectivity index (χ1v) is 10.1. The van der Waals surface area contributed by atoms with Gasteiger partial charge in [0.2, 0.25) is 0 Å². The van der Waals surface area contributed by atoms with Crippen LogP contribution in [-0.4, -0.2) is 47.4 Å². The molecule has 4 aliphatic rings. The van der Waals surface area contributed by atoms with Crippen LogP contribution >= 0.6 is 0 Å². The summed E-state index contributed by atoms with van der Waals surface area (Å²) in [6.07, 6.45) is 10.3. The molecule has 3 saturated heterocycles. The number of carbonyl (C=O) groups is 1. The van der Waals surface area contributed by atoms with Crippen LogP contribution < -0.4 is 0 Å². The van der Waals surface area contributed by atoms with Gasteiger partial charge >= 0.3 is 0 Å². The largest absolute Gasteiger partial charge is 0.332 e. The Morgan fingerprint density at radius 2 is 1.92 bits per heavy atom. The van der Waals surface area contributed by atoms with E-state index < -0.39 is 0 Å². The van der Waals surface area contributed by atoms with Crippen molar-refractivity contribution in [1.82, 2.24) is 9.80 Å². The van der Waals surface area contributed by atoms with E-state index in [1.165, 1.54) is 45.2 Å². The van der Waals surface area contributed by atoms with Crippen molar-refractivity contribution in [1.29, 1.82) is 0 Å². The Labute approximate surface area is 150 Å². The summed E-state index contributed by atoms with van der Waals surface area (Å²) in [5.41, 5.74) is 2.42. The summed E-state index contributed by atoms with van der Waals surface area (Å²) in [6.45, 7) is 3.38. The van der Waals surface area contributed by atoms with Gasteiger partial charge in [0.05, 0.1) is 6.04 Å². The number of fused-ring (bicyclic) bond motifs is 6. The average Bonchev–Trinajstić information content (AvgIpc) is 2.68. The third kappa shape index (κ3) is 2.64. The summed E-state index contributed by atoms with van der Waals surface area (Å²) in [4.78, 5) is 18.1. The molecule has 3 heteroatoms. The lowest BCUT2D eigenvalue weighted by molar-refractivity contribution is 0.00148. The Morgan fingerprint density at radius 3 is 2.80 bits per heavy atom. The molecule has 1 aromatic rings. The Balaban J connectivity index is 1.46. The molecule has 1 aliphatic carbocycles. The van der Waals surface area contributed by atoms with Gasteiger partial charge in [0.1, 0.15) is 0 Å². The van der Waals surface area contributed by atoms with Gasteiger partial charge in [-0.1, -0.05) is 36.3 Å². The highest BCUT2D eigenvalue weighted by molar-refractivity contribution is 5.94. The fraction of sp³-hybridized carbons (Fsp3) is 0.591. The summed E-state index contributed by atoms with van der Waals surface area (Å²) in [5.74, 6) is 1.60.